The average Bonchev–Trinajstić information content (AvgIpc) is 2.28. The molecule has 96 valence electrons. The number of halogens is 1. The summed E-state index contributed by atoms with van der Waals surface area (Å²) >= 11 is 6.00. The van der Waals surface area contributed by atoms with Gasteiger partial charge in [0, 0.05) is 12.6 Å². The second-order valence-electron chi connectivity index (χ2n) is 3.88. The molecule has 1 aromatic rings. The van der Waals surface area contributed by atoms with Crippen LogP contribution >= 0.6 is 11.6 Å². The first-order valence-corrected chi connectivity index (χ1v) is 6.05. The summed E-state index contributed by atoms with van der Waals surface area (Å²) in [6.45, 7) is 5.66. The zero-order valence-electron chi connectivity index (χ0n) is 10.5. The summed E-state index contributed by atoms with van der Waals surface area (Å²) < 4.78 is 10.8. The second-order valence-corrected chi connectivity index (χ2v) is 4.28. The zero-order valence-corrected chi connectivity index (χ0v) is 11.3. The van der Waals surface area contributed by atoms with Crippen molar-refractivity contribution >= 4 is 11.6 Å². The van der Waals surface area contributed by atoms with Gasteiger partial charge in [0.2, 0.25) is 5.88 Å². The topological polar surface area (TPSA) is 43.4 Å². The smallest absolute Gasteiger partial charge is 0.213 e. The largest absolute Gasteiger partial charge is 0.475 e. The molecule has 0 fully saturated rings. The average molecular weight is 259 g/mol. The minimum atomic E-state index is 0.219. The summed E-state index contributed by atoms with van der Waals surface area (Å²) in [5, 5.41) is 3.65. The highest BCUT2D eigenvalue weighted by molar-refractivity contribution is 6.31. The van der Waals surface area contributed by atoms with Gasteiger partial charge < -0.3 is 14.8 Å². The van der Waals surface area contributed by atoms with Crippen LogP contribution in [0.15, 0.2) is 12.1 Å². The molecule has 17 heavy (non-hydrogen) atoms. The molecule has 1 aromatic heterocycles. The molecule has 0 aliphatic rings. The molecule has 0 atom stereocenters. The van der Waals surface area contributed by atoms with E-state index < -0.39 is 0 Å². The fourth-order valence-corrected chi connectivity index (χ4v) is 1.44. The quantitative estimate of drug-likeness (QED) is 0.762. The molecule has 0 bridgehead atoms. The Labute approximate surface area is 107 Å². The molecule has 0 amide bonds. The van der Waals surface area contributed by atoms with E-state index in [1.54, 1.807) is 12.1 Å². The van der Waals surface area contributed by atoms with E-state index in [-0.39, 0.29) is 6.10 Å². The lowest BCUT2D eigenvalue weighted by Gasteiger charge is -2.10. The molecule has 1 N–H and O–H groups in total. The van der Waals surface area contributed by atoms with Crippen molar-refractivity contribution in [3.8, 4) is 5.88 Å². The molecule has 0 saturated carbocycles. The fourth-order valence-electron chi connectivity index (χ4n) is 1.27. The number of hydrogen-bond acceptors (Lipinski definition) is 4. The minimum Gasteiger partial charge on any atom is -0.475 e. The van der Waals surface area contributed by atoms with Crippen LogP contribution in [-0.4, -0.2) is 31.3 Å². The Kier molecular flexibility index (Phi) is 6.26. The van der Waals surface area contributed by atoms with Crippen molar-refractivity contribution in [2.75, 3.05) is 20.3 Å². The predicted octanol–water partition coefficient (Wildman–Crippen LogP) is 2.26. The lowest BCUT2D eigenvalue weighted by atomic mass is 10.3. The third kappa shape index (κ3) is 5.35. The van der Waals surface area contributed by atoms with Crippen molar-refractivity contribution < 1.29 is 9.47 Å². The number of pyridine rings is 1. The first-order valence-electron chi connectivity index (χ1n) is 5.68. The van der Waals surface area contributed by atoms with Crippen LogP contribution < -0.4 is 10.1 Å². The number of hydrogen-bond donors (Lipinski definition) is 1. The van der Waals surface area contributed by atoms with Crippen LogP contribution in [0.1, 0.15) is 19.5 Å². The van der Waals surface area contributed by atoms with Gasteiger partial charge in [-0.15, -0.1) is 0 Å². The van der Waals surface area contributed by atoms with Gasteiger partial charge in [-0.3, -0.25) is 0 Å². The van der Waals surface area contributed by atoms with E-state index in [4.69, 9.17) is 21.1 Å². The van der Waals surface area contributed by atoms with Crippen LogP contribution in [0.3, 0.4) is 0 Å². The van der Waals surface area contributed by atoms with Gasteiger partial charge in [-0.1, -0.05) is 11.6 Å². The molecule has 0 unspecified atom stereocenters. The van der Waals surface area contributed by atoms with Crippen molar-refractivity contribution in [2.24, 2.45) is 0 Å². The van der Waals surface area contributed by atoms with Crippen LogP contribution in [0.4, 0.5) is 0 Å². The summed E-state index contributed by atoms with van der Waals surface area (Å²) in [6.07, 6.45) is 0.219. The molecular weight excluding hydrogens is 240 g/mol. The highest BCUT2D eigenvalue weighted by Crippen LogP contribution is 2.17. The molecule has 0 spiro atoms. The maximum Gasteiger partial charge on any atom is 0.213 e. The first kappa shape index (κ1) is 14.2. The van der Waals surface area contributed by atoms with Gasteiger partial charge in [-0.05, 0) is 27.0 Å². The lowest BCUT2D eigenvalue weighted by Crippen LogP contribution is -2.13. The van der Waals surface area contributed by atoms with Crippen LogP contribution in [-0.2, 0) is 11.3 Å². The standard InChI is InChI=1S/C12H19ClN2O2/c1-9(2)16-6-7-17-12-5-4-10(13)11(15-12)8-14-3/h4-5,9,14H,6-8H2,1-3H3. The van der Waals surface area contributed by atoms with E-state index in [2.05, 4.69) is 10.3 Å². The van der Waals surface area contributed by atoms with Gasteiger partial charge in [0.15, 0.2) is 0 Å². The third-order valence-electron chi connectivity index (χ3n) is 2.02. The summed E-state index contributed by atoms with van der Waals surface area (Å²) in [5.41, 5.74) is 0.788. The monoisotopic (exact) mass is 258 g/mol. The van der Waals surface area contributed by atoms with Crippen molar-refractivity contribution in [1.82, 2.24) is 10.3 Å². The van der Waals surface area contributed by atoms with Crippen molar-refractivity contribution in [3.05, 3.63) is 22.8 Å². The molecule has 1 heterocycles. The second kappa shape index (κ2) is 7.48. The molecule has 0 aliphatic heterocycles. The molecule has 0 aliphatic carbocycles. The van der Waals surface area contributed by atoms with E-state index in [0.29, 0.717) is 30.7 Å². The lowest BCUT2D eigenvalue weighted by molar-refractivity contribution is 0.0542. The molecular formula is C12H19ClN2O2. The summed E-state index contributed by atoms with van der Waals surface area (Å²) in [7, 11) is 1.85. The van der Waals surface area contributed by atoms with Crippen molar-refractivity contribution in [1.29, 1.82) is 0 Å². The summed E-state index contributed by atoms with van der Waals surface area (Å²) in [5.74, 6) is 0.576. The fraction of sp³-hybridized carbons (Fsp3) is 0.583. The molecule has 0 aromatic carbocycles. The zero-order chi connectivity index (χ0) is 12.7. The van der Waals surface area contributed by atoms with E-state index in [1.165, 1.54) is 0 Å². The Hall–Kier alpha value is -0.840. The Bertz CT molecular complexity index is 345. The highest BCUT2D eigenvalue weighted by Gasteiger charge is 2.04. The molecule has 0 radical (unpaired) electrons. The number of aromatic nitrogens is 1. The third-order valence-corrected chi connectivity index (χ3v) is 2.37. The summed E-state index contributed by atoms with van der Waals surface area (Å²) in [4.78, 5) is 4.31. The molecule has 4 nitrogen and oxygen atoms in total. The molecule has 0 saturated heterocycles. The van der Waals surface area contributed by atoms with Gasteiger partial charge in [0.25, 0.3) is 0 Å². The van der Waals surface area contributed by atoms with Crippen LogP contribution in [0.5, 0.6) is 5.88 Å². The van der Waals surface area contributed by atoms with E-state index >= 15 is 0 Å². The van der Waals surface area contributed by atoms with Gasteiger partial charge in [-0.25, -0.2) is 4.98 Å². The van der Waals surface area contributed by atoms with Gasteiger partial charge >= 0.3 is 0 Å². The number of rotatable bonds is 7. The van der Waals surface area contributed by atoms with Crippen LogP contribution in [0, 0.1) is 0 Å². The van der Waals surface area contributed by atoms with Crippen LogP contribution in [0.25, 0.3) is 0 Å². The first-order chi connectivity index (χ1) is 8.13. The summed E-state index contributed by atoms with van der Waals surface area (Å²) in [6, 6.07) is 3.55. The predicted molar refractivity (Wildman–Crippen MR) is 68.6 cm³/mol. The van der Waals surface area contributed by atoms with Gasteiger partial charge in [0.1, 0.15) is 6.61 Å². The highest BCUT2D eigenvalue weighted by atomic mass is 35.5. The SMILES string of the molecule is CNCc1nc(OCCOC(C)C)ccc1Cl. The maximum atomic E-state index is 6.00. The number of nitrogens with one attached hydrogen (secondary N) is 1. The Morgan fingerprint density at radius 2 is 2.12 bits per heavy atom. The normalized spacial score (nSPS) is 10.9. The van der Waals surface area contributed by atoms with Gasteiger partial charge in [0.05, 0.1) is 23.4 Å². The van der Waals surface area contributed by atoms with Gasteiger partial charge in [-0.2, -0.15) is 0 Å². The minimum absolute atomic E-state index is 0.219. The van der Waals surface area contributed by atoms with Crippen molar-refractivity contribution in [3.63, 3.8) is 0 Å². The van der Waals surface area contributed by atoms with E-state index in [0.717, 1.165) is 5.69 Å². The Balaban J connectivity index is 2.45. The molecule has 5 heteroatoms. The number of ether oxygens (including phenoxy) is 2. The number of nitrogens with zero attached hydrogens (tertiary/aromatic N) is 1. The maximum absolute atomic E-state index is 6.00. The van der Waals surface area contributed by atoms with E-state index in [1.807, 2.05) is 20.9 Å². The Morgan fingerprint density at radius 3 is 2.76 bits per heavy atom. The molecule has 1 rings (SSSR count). The van der Waals surface area contributed by atoms with E-state index in [9.17, 15) is 0 Å². The Morgan fingerprint density at radius 1 is 1.35 bits per heavy atom. The van der Waals surface area contributed by atoms with Crippen LogP contribution in [0.2, 0.25) is 5.02 Å². The van der Waals surface area contributed by atoms with Crippen molar-refractivity contribution in [2.45, 2.75) is 26.5 Å².